The van der Waals surface area contributed by atoms with Crippen LogP contribution in [-0.2, 0) is 16.8 Å². The molecule has 1 N–H and O–H groups in total. The van der Waals surface area contributed by atoms with E-state index in [-0.39, 0.29) is 5.56 Å². The van der Waals surface area contributed by atoms with Gasteiger partial charge in [0.2, 0.25) is 0 Å². The Morgan fingerprint density at radius 2 is 1.87 bits per heavy atom. The summed E-state index contributed by atoms with van der Waals surface area (Å²) in [6.45, 7) is 1.53. The van der Waals surface area contributed by atoms with Gasteiger partial charge in [-0.1, -0.05) is 18.2 Å². The highest BCUT2D eigenvalue weighted by molar-refractivity contribution is 5.94. The average molecular weight is 412 g/mol. The molecule has 0 atom stereocenters. The van der Waals surface area contributed by atoms with Crippen LogP contribution in [-0.4, -0.2) is 42.6 Å². The number of amides is 1. The van der Waals surface area contributed by atoms with Crippen LogP contribution in [0.15, 0.2) is 36.4 Å². The Kier molecular flexibility index (Phi) is 4.50. The molecule has 156 valence electrons. The normalized spacial score (nSPS) is 17.9. The van der Waals surface area contributed by atoms with Gasteiger partial charge in [0.1, 0.15) is 5.60 Å². The first-order chi connectivity index (χ1) is 14.5. The lowest BCUT2D eigenvalue weighted by molar-refractivity contribution is -0.0957. The van der Waals surface area contributed by atoms with Crippen LogP contribution >= 0.6 is 0 Å². The number of carbonyl (C=O) groups excluding carboxylic acids is 1. The number of H-pyrrole nitrogens is 1. The lowest BCUT2D eigenvalue weighted by Gasteiger charge is -2.43. The van der Waals surface area contributed by atoms with Crippen LogP contribution in [0.5, 0.6) is 5.75 Å². The molecule has 1 fully saturated rings. The molecule has 1 aromatic heterocycles. The summed E-state index contributed by atoms with van der Waals surface area (Å²) in [5.41, 5.74) is 3.01. The number of carbonyl (C=O) groups is 1. The molecule has 3 aromatic rings. The van der Waals surface area contributed by atoms with Crippen molar-refractivity contribution in [2.24, 2.45) is 0 Å². The second-order valence-electron chi connectivity index (χ2n) is 7.88. The van der Waals surface area contributed by atoms with Crippen molar-refractivity contribution in [1.29, 1.82) is 0 Å². The number of aromatic amines is 1. The molecule has 0 aliphatic carbocycles. The van der Waals surface area contributed by atoms with E-state index in [2.05, 4.69) is 17.1 Å². The first-order valence-electron chi connectivity index (χ1n) is 10.1. The first kappa shape index (κ1) is 19.1. The zero-order valence-electron chi connectivity index (χ0n) is 16.6. The zero-order valence-corrected chi connectivity index (χ0v) is 16.6. The summed E-state index contributed by atoms with van der Waals surface area (Å²) in [6, 6.07) is 10.3. The standard InChI is InChI=1S/C23H22F2N2O3/c1-29-20-17(24)12-14(13-18(20)25)22(28)27-9-7-23(8-10-27)21-16(6-11-30-23)15-4-2-3-5-19(15)26-21/h2-5,12-13,26H,6-11H2,1H3. The monoisotopic (exact) mass is 412 g/mol. The van der Waals surface area contributed by atoms with Crippen molar-refractivity contribution in [2.45, 2.75) is 24.9 Å². The number of para-hydroxylation sites is 1. The molecule has 2 aliphatic heterocycles. The van der Waals surface area contributed by atoms with E-state index in [1.165, 1.54) is 18.1 Å². The number of ether oxygens (including phenoxy) is 2. The van der Waals surface area contributed by atoms with E-state index >= 15 is 0 Å². The van der Waals surface area contributed by atoms with E-state index in [0.717, 1.165) is 29.8 Å². The molecular formula is C23H22F2N2O3. The number of hydrogen-bond acceptors (Lipinski definition) is 3. The number of nitrogens with zero attached hydrogens (tertiary/aromatic N) is 1. The van der Waals surface area contributed by atoms with Crippen LogP contribution < -0.4 is 4.74 Å². The Balaban J connectivity index is 1.39. The molecule has 5 rings (SSSR count). The Bertz CT molecular complexity index is 1110. The quantitative estimate of drug-likeness (QED) is 0.688. The Morgan fingerprint density at radius 3 is 2.57 bits per heavy atom. The van der Waals surface area contributed by atoms with Gasteiger partial charge in [0.25, 0.3) is 5.91 Å². The molecule has 1 saturated heterocycles. The molecule has 1 spiro atoms. The van der Waals surface area contributed by atoms with E-state index < -0.39 is 28.9 Å². The Labute approximate surface area is 172 Å². The van der Waals surface area contributed by atoms with Gasteiger partial charge < -0.3 is 19.4 Å². The number of nitrogens with one attached hydrogen (secondary N) is 1. The van der Waals surface area contributed by atoms with Crippen molar-refractivity contribution in [3.8, 4) is 5.75 Å². The summed E-state index contributed by atoms with van der Waals surface area (Å²) < 4.78 is 39.0. The third-order valence-electron chi connectivity index (χ3n) is 6.31. The lowest BCUT2D eigenvalue weighted by Crippen LogP contribution is -2.48. The fourth-order valence-corrected chi connectivity index (χ4v) is 4.80. The molecule has 3 heterocycles. The smallest absolute Gasteiger partial charge is 0.254 e. The van der Waals surface area contributed by atoms with E-state index in [4.69, 9.17) is 9.47 Å². The summed E-state index contributed by atoms with van der Waals surface area (Å²) in [5, 5.41) is 1.22. The summed E-state index contributed by atoms with van der Waals surface area (Å²) in [6.07, 6.45) is 2.10. The highest BCUT2D eigenvalue weighted by Crippen LogP contribution is 2.43. The molecule has 0 saturated carbocycles. The van der Waals surface area contributed by atoms with Crippen molar-refractivity contribution >= 4 is 16.8 Å². The number of benzene rings is 2. The van der Waals surface area contributed by atoms with Crippen LogP contribution in [0.3, 0.4) is 0 Å². The fourth-order valence-electron chi connectivity index (χ4n) is 4.80. The molecule has 7 heteroatoms. The minimum Gasteiger partial charge on any atom is -0.491 e. The molecule has 0 radical (unpaired) electrons. The maximum atomic E-state index is 14.0. The van der Waals surface area contributed by atoms with Crippen LogP contribution in [0.25, 0.3) is 10.9 Å². The SMILES string of the molecule is COc1c(F)cc(C(=O)N2CCC3(CC2)OCCc2c3[nH]c3ccccc23)cc1F. The molecule has 5 nitrogen and oxygen atoms in total. The van der Waals surface area contributed by atoms with Crippen LogP contribution in [0.2, 0.25) is 0 Å². The zero-order chi connectivity index (χ0) is 20.9. The minimum absolute atomic E-state index is 0.0161. The molecule has 30 heavy (non-hydrogen) atoms. The molecular weight excluding hydrogens is 390 g/mol. The highest BCUT2D eigenvalue weighted by atomic mass is 19.1. The summed E-state index contributed by atoms with van der Waals surface area (Å²) in [5.74, 6) is -2.63. The van der Waals surface area contributed by atoms with Gasteiger partial charge in [-0.3, -0.25) is 4.79 Å². The van der Waals surface area contributed by atoms with Crippen molar-refractivity contribution in [1.82, 2.24) is 9.88 Å². The predicted octanol–water partition coefficient (Wildman–Crippen LogP) is 4.16. The molecule has 1 amide bonds. The second-order valence-corrected chi connectivity index (χ2v) is 7.88. The number of fused-ring (bicyclic) bond motifs is 4. The number of halogens is 2. The van der Waals surface area contributed by atoms with Crippen LogP contribution in [0.4, 0.5) is 8.78 Å². The topological polar surface area (TPSA) is 54.6 Å². The number of rotatable bonds is 2. The van der Waals surface area contributed by atoms with Crippen molar-refractivity contribution < 1.29 is 23.0 Å². The number of hydrogen-bond donors (Lipinski definition) is 1. The first-order valence-corrected chi connectivity index (χ1v) is 10.1. The van der Waals surface area contributed by atoms with Gasteiger partial charge in [0.15, 0.2) is 17.4 Å². The fraction of sp³-hybridized carbons (Fsp3) is 0.348. The van der Waals surface area contributed by atoms with Crippen molar-refractivity contribution in [3.05, 3.63) is 64.9 Å². The largest absolute Gasteiger partial charge is 0.491 e. The molecule has 2 aromatic carbocycles. The molecule has 0 bridgehead atoms. The van der Waals surface area contributed by atoms with Gasteiger partial charge in [-0.25, -0.2) is 8.78 Å². The second kappa shape index (κ2) is 7.09. The maximum absolute atomic E-state index is 14.0. The van der Waals surface area contributed by atoms with Gasteiger partial charge in [0, 0.05) is 29.6 Å². The predicted molar refractivity (Wildman–Crippen MR) is 108 cm³/mol. The minimum atomic E-state index is -0.882. The molecule has 2 aliphatic rings. The van der Waals surface area contributed by atoms with Gasteiger partial charge in [-0.05, 0) is 43.0 Å². The number of piperidine rings is 1. The third-order valence-corrected chi connectivity index (χ3v) is 6.31. The van der Waals surface area contributed by atoms with Gasteiger partial charge in [0.05, 0.1) is 19.4 Å². The van der Waals surface area contributed by atoms with Crippen molar-refractivity contribution in [3.63, 3.8) is 0 Å². The highest BCUT2D eigenvalue weighted by Gasteiger charge is 2.43. The van der Waals surface area contributed by atoms with E-state index in [9.17, 15) is 13.6 Å². The average Bonchev–Trinajstić information content (AvgIpc) is 3.14. The van der Waals surface area contributed by atoms with Crippen LogP contribution in [0, 0.1) is 11.6 Å². The van der Waals surface area contributed by atoms with Gasteiger partial charge in [-0.2, -0.15) is 0 Å². The summed E-state index contributed by atoms with van der Waals surface area (Å²) in [4.78, 5) is 18.0. The third kappa shape index (κ3) is 2.88. The summed E-state index contributed by atoms with van der Waals surface area (Å²) >= 11 is 0. The summed E-state index contributed by atoms with van der Waals surface area (Å²) in [7, 11) is 1.19. The molecule has 0 unspecified atom stereocenters. The van der Waals surface area contributed by atoms with E-state index in [0.29, 0.717) is 32.5 Å². The number of aromatic nitrogens is 1. The van der Waals surface area contributed by atoms with E-state index in [1.54, 1.807) is 4.90 Å². The van der Waals surface area contributed by atoms with Crippen LogP contribution in [0.1, 0.15) is 34.5 Å². The maximum Gasteiger partial charge on any atom is 0.254 e. The van der Waals surface area contributed by atoms with Gasteiger partial charge in [-0.15, -0.1) is 0 Å². The lowest BCUT2D eigenvalue weighted by atomic mass is 9.83. The number of likely N-dealkylation sites (tertiary alicyclic amines) is 1. The van der Waals surface area contributed by atoms with Crippen molar-refractivity contribution in [2.75, 3.05) is 26.8 Å². The number of methoxy groups -OCH3 is 1. The van der Waals surface area contributed by atoms with Gasteiger partial charge >= 0.3 is 0 Å². The Hall–Kier alpha value is -2.93. The Morgan fingerprint density at radius 1 is 1.17 bits per heavy atom. The van der Waals surface area contributed by atoms with E-state index in [1.807, 2.05) is 12.1 Å².